The largest absolute Gasteiger partial charge is 0.378 e. The number of ether oxygens (including phenoxy) is 1. The van der Waals surface area contributed by atoms with Gasteiger partial charge in [-0.3, -0.25) is 0 Å². The number of morpholine rings is 1. The zero-order valence-corrected chi connectivity index (χ0v) is 10.7. The zero-order valence-electron chi connectivity index (χ0n) is 9.11. The maximum absolute atomic E-state index is 6.28. The van der Waals surface area contributed by atoms with Crippen molar-refractivity contribution in [1.82, 2.24) is 15.3 Å². The van der Waals surface area contributed by atoms with Crippen LogP contribution < -0.4 is 11.1 Å². The van der Waals surface area contributed by atoms with Crippen LogP contribution in [-0.2, 0) is 10.3 Å². The highest BCUT2D eigenvalue weighted by Gasteiger charge is 2.35. The van der Waals surface area contributed by atoms with Gasteiger partial charge in [-0.15, -0.1) is 0 Å². The van der Waals surface area contributed by atoms with Gasteiger partial charge in [0, 0.05) is 18.9 Å². The Balaban J connectivity index is 2.19. The zero-order chi connectivity index (χ0) is 11.6. The first-order valence-corrected chi connectivity index (χ1v) is 5.98. The molecule has 5 nitrogen and oxygen atoms in total. The summed E-state index contributed by atoms with van der Waals surface area (Å²) in [6.45, 7) is 4.05. The molecule has 0 saturated carbocycles. The minimum Gasteiger partial charge on any atom is -0.378 e. The molecule has 6 heteroatoms. The third kappa shape index (κ3) is 2.40. The maximum Gasteiger partial charge on any atom is 0.149 e. The summed E-state index contributed by atoms with van der Waals surface area (Å²) in [6, 6.07) is 0.0439. The molecule has 1 fully saturated rings. The Bertz CT molecular complexity index is 348. The molecule has 88 valence electrons. The topological polar surface area (TPSA) is 73.1 Å². The highest BCUT2D eigenvalue weighted by Crippen LogP contribution is 2.20. The second kappa shape index (κ2) is 4.75. The van der Waals surface area contributed by atoms with Gasteiger partial charge >= 0.3 is 0 Å². The number of aromatic nitrogens is 2. The van der Waals surface area contributed by atoms with Crippen LogP contribution in [0, 0.1) is 0 Å². The number of nitrogens with two attached hydrogens (primary N) is 1. The Morgan fingerprint density at radius 3 is 2.81 bits per heavy atom. The van der Waals surface area contributed by atoms with Gasteiger partial charge in [0.1, 0.15) is 5.82 Å². The molecule has 2 atom stereocenters. The van der Waals surface area contributed by atoms with Crippen molar-refractivity contribution in [2.75, 3.05) is 19.8 Å². The van der Waals surface area contributed by atoms with Crippen molar-refractivity contribution < 1.29 is 4.74 Å². The molecule has 3 N–H and O–H groups in total. The number of nitrogens with one attached hydrogen (secondary N) is 1. The van der Waals surface area contributed by atoms with Crippen molar-refractivity contribution in [1.29, 1.82) is 0 Å². The van der Waals surface area contributed by atoms with Crippen molar-refractivity contribution >= 4 is 15.9 Å². The minimum atomic E-state index is -0.624. The van der Waals surface area contributed by atoms with Gasteiger partial charge < -0.3 is 15.8 Å². The molecule has 2 heterocycles. The lowest BCUT2D eigenvalue weighted by Gasteiger charge is -2.35. The average molecular weight is 287 g/mol. The van der Waals surface area contributed by atoms with Crippen molar-refractivity contribution in [3.8, 4) is 0 Å². The second-order valence-corrected chi connectivity index (χ2v) is 5.00. The first kappa shape index (κ1) is 11.9. The summed E-state index contributed by atoms with van der Waals surface area (Å²) >= 11 is 3.30. The van der Waals surface area contributed by atoms with E-state index in [1.165, 1.54) is 0 Å². The van der Waals surface area contributed by atoms with Gasteiger partial charge in [-0.25, -0.2) is 9.97 Å². The predicted octanol–water partition coefficient (Wildman–Crippen LogP) is 0.401. The van der Waals surface area contributed by atoms with Gasteiger partial charge in [0.15, 0.2) is 0 Å². The highest BCUT2D eigenvalue weighted by molar-refractivity contribution is 9.10. The van der Waals surface area contributed by atoms with Gasteiger partial charge in [-0.1, -0.05) is 0 Å². The summed E-state index contributed by atoms with van der Waals surface area (Å²) in [5.74, 6) is 0.624. The van der Waals surface area contributed by atoms with Crippen LogP contribution in [0.2, 0.25) is 0 Å². The minimum absolute atomic E-state index is 0.0439. The summed E-state index contributed by atoms with van der Waals surface area (Å²) in [6.07, 6.45) is 3.41. The number of rotatable bonds is 2. The van der Waals surface area contributed by atoms with Gasteiger partial charge in [-0.2, -0.15) is 0 Å². The molecule has 0 aliphatic carbocycles. The summed E-state index contributed by atoms with van der Waals surface area (Å²) in [7, 11) is 0. The van der Waals surface area contributed by atoms with Crippen LogP contribution in [0.3, 0.4) is 0 Å². The van der Waals surface area contributed by atoms with Crippen molar-refractivity contribution in [2.45, 2.75) is 18.5 Å². The number of nitrogens with zero attached hydrogens (tertiary/aromatic N) is 2. The Hall–Kier alpha value is -0.560. The fourth-order valence-electron chi connectivity index (χ4n) is 1.70. The lowest BCUT2D eigenvalue weighted by molar-refractivity contribution is 0.0494. The Labute approximate surface area is 103 Å². The van der Waals surface area contributed by atoms with Crippen molar-refractivity contribution in [3.05, 3.63) is 22.7 Å². The lowest BCUT2D eigenvalue weighted by atomic mass is 9.92. The molecule has 0 bridgehead atoms. The molecule has 1 aliphatic rings. The fraction of sp³-hybridized carbons (Fsp3) is 0.600. The fourth-order valence-corrected chi connectivity index (χ4v) is 1.90. The third-order valence-electron chi connectivity index (χ3n) is 2.75. The first-order chi connectivity index (χ1) is 7.60. The highest BCUT2D eigenvalue weighted by atomic mass is 79.9. The van der Waals surface area contributed by atoms with Gasteiger partial charge in [0.05, 0.1) is 29.3 Å². The summed E-state index contributed by atoms with van der Waals surface area (Å²) in [5, 5.41) is 3.33. The molecule has 1 saturated heterocycles. The summed E-state index contributed by atoms with van der Waals surface area (Å²) in [5.41, 5.74) is 5.66. The monoisotopic (exact) mass is 286 g/mol. The number of halogens is 1. The van der Waals surface area contributed by atoms with Crippen LogP contribution in [0.15, 0.2) is 16.9 Å². The molecule has 0 amide bonds. The molecular formula is C10H15BrN4O. The van der Waals surface area contributed by atoms with Crippen LogP contribution in [0.25, 0.3) is 0 Å². The SMILES string of the molecule is CC(N)(c1ncc(Br)cn1)C1COCCN1. The van der Waals surface area contributed by atoms with Crippen LogP contribution in [0.1, 0.15) is 12.7 Å². The molecule has 2 rings (SSSR count). The van der Waals surface area contributed by atoms with Crippen molar-refractivity contribution in [2.24, 2.45) is 5.73 Å². The van der Waals surface area contributed by atoms with Crippen LogP contribution in [0.5, 0.6) is 0 Å². The second-order valence-electron chi connectivity index (χ2n) is 4.09. The average Bonchev–Trinajstić information content (AvgIpc) is 2.31. The Morgan fingerprint density at radius 2 is 2.25 bits per heavy atom. The van der Waals surface area contributed by atoms with Gasteiger partial charge in [0.2, 0.25) is 0 Å². The normalized spacial score (nSPS) is 25.1. The standard InChI is InChI=1S/C10H15BrN4O/c1-10(12,8-6-16-3-2-13-8)9-14-4-7(11)5-15-9/h4-5,8,13H,2-3,6,12H2,1H3. The van der Waals surface area contributed by atoms with Crippen molar-refractivity contribution in [3.63, 3.8) is 0 Å². The van der Waals surface area contributed by atoms with E-state index in [1.807, 2.05) is 6.92 Å². The molecule has 2 unspecified atom stereocenters. The van der Waals surface area contributed by atoms with E-state index in [0.29, 0.717) is 12.4 Å². The van der Waals surface area contributed by atoms with E-state index in [1.54, 1.807) is 12.4 Å². The van der Waals surface area contributed by atoms with E-state index in [4.69, 9.17) is 10.5 Å². The van der Waals surface area contributed by atoms with Crippen LogP contribution in [-0.4, -0.2) is 35.8 Å². The number of hydrogen-bond donors (Lipinski definition) is 2. The molecule has 0 radical (unpaired) electrons. The van der Waals surface area contributed by atoms with E-state index < -0.39 is 5.54 Å². The molecule has 0 spiro atoms. The van der Waals surface area contributed by atoms with E-state index in [0.717, 1.165) is 17.6 Å². The molecule has 1 aromatic heterocycles. The van der Waals surface area contributed by atoms with Crippen LogP contribution in [0.4, 0.5) is 0 Å². The Morgan fingerprint density at radius 1 is 1.56 bits per heavy atom. The van der Waals surface area contributed by atoms with E-state index in [-0.39, 0.29) is 6.04 Å². The first-order valence-electron chi connectivity index (χ1n) is 5.19. The molecule has 0 aromatic carbocycles. The van der Waals surface area contributed by atoms with E-state index >= 15 is 0 Å². The maximum atomic E-state index is 6.28. The molecule has 16 heavy (non-hydrogen) atoms. The van der Waals surface area contributed by atoms with Crippen LogP contribution >= 0.6 is 15.9 Å². The molecule has 1 aromatic rings. The summed E-state index contributed by atoms with van der Waals surface area (Å²) in [4.78, 5) is 8.49. The molecule has 1 aliphatic heterocycles. The smallest absolute Gasteiger partial charge is 0.149 e. The lowest BCUT2D eigenvalue weighted by Crippen LogP contribution is -2.58. The number of hydrogen-bond acceptors (Lipinski definition) is 5. The Kier molecular flexibility index (Phi) is 3.53. The molecular weight excluding hydrogens is 272 g/mol. The quantitative estimate of drug-likeness (QED) is 0.824. The van der Waals surface area contributed by atoms with Gasteiger partial charge in [-0.05, 0) is 22.9 Å². The van der Waals surface area contributed by atoms with Gasteiger partial charge in [0.25, 0.3) is 0 Å². The van der Waals surface area contributed by atoms with E-state index in [9.17, 15) is 0 Å². The third-order valence-corrected chi connectivity index (χ3v) is 3.16. The van der Waals surface area contributed by atoms with E-state index in [2.05, 4.69) is 31.2 Å². The predicted molar refractivity (Wildman–Crippen MR) is 63.9 cm³/mol. The summed E-state index contributed by atoms with van der Waals surface area (Å²) < 4.78 is 6.25.